The van der Waals surface area contributed by atoms with Gasteiger partial charge in [0.1, 0.15) is 0 Å². The molecule has 0 saturated carbocycles. The second kappa shape index (κ2) is 4.58. The molecular formula is C9H17NO3. The third-order valence-corrected chi connectivity index (χ3v) is 2.36. The maximum absolute atomic E-state index is 10.9. The minimum Gasteiger partial charge on any atom is -0.379 e. The zero-order valence-corrected chi connectivity index (χ0v) is 8.37. The maximum Gasteiger partial charge on any atom is 0.217 e. The summed E-state index contributed by atoms with van der Waals surface area (Å²) in [4.78, 5) is 10.9. The van der Waals surface area contributed by atoms with E-state index in [1.54, 1.807) is 7.11 Å². The van der Waals surface area contributed by atoms with Crippen LogP contribution in [0.2, 0.25) is 0 Å². The number of rotatable bonds is 2. The number of methoxy groups -OCH3 is 1. The molecule has 1 heterocycles. The molecule has 0 aromatic heterocycles. The Morgan fingerprint density at radius 1 is 1.62 bits per heavy atom. The van der Waals surface area contributed by atoms with Gasteiger partial charge in [-0.05, 0) is 13.3 Å². The Morgan fingerprint density at radius 3 is 2.85 bits per heavy atom. The minimum atomic E-state index is -0.0376. The lowest BCUT2D eigenvalue weighted by Crippen LogP contribution is -2.54. The normalized spacial score (nSPS) is 34.2. The van der Waals surface area contributed by atoms with Gasteiger partial charge in [-0.2, -0.15) is 0 Å². The summed E-state index contributed by atoms with van der Waals surface area (Å²) in [6.45, 7) is 4.16. The van der Waals surface area contributed by atoms with Gasteiger partial charge in [0.05, 0.1) is 18.2 Å². The lowest BCUT2D eigenvalue weighted by atomic mass is 10.0. The highest BCUT2D eigenvalue weighted by Crippen LogP contribution is 2.16. The molecule has 0 aromatic carbocycles. The highest BCUT2D eigenvalue weighted by Gasteiger charge is 2.31. The average molecular weight is 187 g/mol. The topological polar surface area (TPSA) is 47.6 Å². The highest BCUT2D eigenvalue weighted by molar-refractivity contribution is 5.73. The van der Waals surface area contributed by atoms with Crippen LogP contribution in [-0.2, 0) is 14.3 Å². The SMILES string of the molecule is CO[C@H]1CCO[C@@H](C)[C@H]1NC(C)=O. The monoisotopic (exact) mass is 187 g/mol. The molecule has 0 aromatic rings. The van der Waals surface area contributed by atoms with Crippen LogP contribution in [0.15, 0.2) is 0 Å². The second-order valence-corrected chi connectivity index (χ2v) is 3.37. The van der Waals surface area contributed by atoms with Crippen molar-refractivity contribution >= 4 is 5.91 Å². The molecule has 1 N–H and O–H groups in total. The van der Waals surface area contributed by atoms with Gasteiger partial charge in [0.25, 0.3) is 0 Å². The van der Waals surface area contributed by atoms with E-state index in [0.717, 1.165) is 6.42 Å². The van der Waals surface area contributed by atoms with Crippen LogP contribution in [0.4, 0.5) is 0 Å². The Bertz CT molecular complexity index is 184. The van der Waals surface area contributed by atoms with Crippen molar-refractivity contribution in [3.8, 4) is 0 Å². The molecule has 76 valence electrons. The largest absolute Gasteiger partial charge is 0.379 e. The molecule has 1 aliphatic heterocycles. The average Bonchev–Trinajstić information content (AvgIpc) is 2.08. The van der Waals surface area contributed by atoms with Crippen LogP contribution in [0.1, 0.15) is 20.3 Å². The van der Waals surface area contributed by atoms with Gasteiger partial charge in [-0.1, -0.05) is 0 Å². The van der Waals surface area contributed by atoms with Gasteiger partial charge in [-0.3, -0.25) is 4.79 Å². The van der Waals surface area contributed by atoms with Crippen LogP contribution >= 0.6 is 0 Å². The summed E-state index contributed by atoms with van der Waals surface area (Å²) in [5.74, 6) is -0.0376. The van der Waals surface area contributed by atoms with Gasteiger partial charge >= 0.3 is 0 Å². The molecule has 1 aliphatic rings. The molecule has 3 atom stereocenters. The molecular weight excluding hydrogens is 170 g/mol. The van der Waals surface area contributed by atoms with Gasteiger partial charge < -0.3 is 14.8 Å². The number of ether oxygens (including phenoxy) is 2. The third kappa shape index (κ3) is 2.67. The molecule has 1 amide bonds. The van der Waals surface area contributed by atoms with E-state index in [1.807, 2.05) is 6.92 Å². The Morgan fingerprint density at radius 2 is 2.31 bits per heavy atom. The quantitative estimate of drug-likeness (QED) is 0.677. The highest BCUT2D eigenvalue weighted by atomic mass is 16.5. The Balaban J connectivity index is 2.56. The predicted octanol–water partition coefficient (Wildman–Crippen LogP) is 0.315. The lowest BCUT2D eigenvalue weighted by molar-refractivity contribution is -0.126. The van der Waals surface area contributed by atoms with Crippen LogP contribution in [-0.4, -0.2) is 37.9 Å². The predicted molar refractivity (Wildman–Crippen MR) is 48.4 cm³/mol. The molecule has 0 bridgehead atoms. The first kappa shape index (κ1) is 10.5. The van der Waals surface area contributed by atoms with Crippen LogP contribution in [0.3, 0.4) is 0 Å². The first-order valence-electron chi connectivity index (χ1n) is 4.56. The lowest BCUT2D eigenvalue weighted by Gasteiger charge is -2.35. The van der Waals surface area contributed by atoms with Gasteiger partial charge in [-0.25, -0.2) is 0 Å². The standard InChI is InChI=1S/C9H17NO3/c1-6-9(10-7(2)11)8(12-3)4-5-13-6/h6,8-9H,4-5H2,1-3H3,(H,10,11)/t6-,8-,9+/m0/s1. The van der Waals surface area contributed by atoms with E-state index < -0.39 is 0 Å². The number of hydrogen-bond donors (Lipinski definition) is 1. The third-order valence-electron chi connectivity index (χ3n) is 2.36. The molecule has 4 nitrogen and oxygen atoms in total. The Kier molecular flexibility index (Phi) is 3.69. The van der Waals surface area contributed by atoms with Crippen molar-refractivity contribution in [2.75, 3.05) is 13.7 Å². The summed E-state index contributed by atoms with van der Waals surface area (Å²) in [6, 6.07) is -0.0174. The number of carbonyl (C=O) groups excluding carboxylic acids is 1. The van der Waals surface area contributed by atoms with Crippen molar-refractivity contribution in [1.29, 1.82) is 0 Å². The summed E-state index contributed by atoms with van der Waals surface area (Å²) in [7, 11) is 1.66. The Hall–Kier alpha value is -0.610. The molecule has 13 heavy (non-hydrogen) atoms. The van der Waals surface area contributed by atoms with E-state index in [2.05, 4.69) is 5.32 Å². The number of nitrogens with one attached hydrogen (secondary N) is 1. The summed E-state index contributed by atoms with van der Waals surface area (Å²) < 4.78 is 10.7. The number of amides is 1. The zero-order valence-electron chi connectivity index (χ0n) is 8.37. The van der Waals surface area contributed by atoms with Gasteiger partial charge in [-0.15, -0.1) is 0 Å². The summed E-state index contributed by atoms with van der Waals surface area (Å²) in [6.07, 6.45) is 0.946. The first-order chi connectivity index (χ1) is 6.15. The fourth-order valence-electron chi connectivity index (χ4n) is 1.67. The smallest absolute Gasteiger partial charge is 0.217 e. The van der Waals surface area contributed by atoms with Crippen molar-refractivity contribution in [3.63, 3.8) is 0 Å². The van der Waals surface area contributed by atoms with Crippen LogP contribution < -0.4 is 5.32 Å². The molecule has 1 rings (SSSR count). The van der Waals surface area contributed by atoms with E-state index in [9.17, 15) is 4.79 Å². The molecule has 1 fully saturated rings. The Labute approximate surface area is 78.6 Å². The van der Waals surface area contributed by atoms with E-state index in [-0.39, 0.29) is 24.2 Å². The van der Waals surface area contributed by atoms with E-state index >= 15 is 0 Å². The van der Waals surface area contributed by atoms with Crippen molar-refractivity contribution in [3.05, 3.63) is 0 Å². The van der Waals surface area contributed by atoms with Crippen molar-refractivity contribution in [2.45, 2.75) is 38.5 Å². The van der Waals surface area contributed by atoms with Crippen molar-refractivity contribution in [1.82, 2.24) is 5.32 Å². The first-order valence-corrected chi connectivity index (χ1v) is 4.56. The fourth-order valence-corrected chi connectivity index (χ4v) is 1.67. The molecule has 0 unspecified atom stereocenters. The van der Waals surface area contributed by atoms with E-state index in [0.29, 0.717) is 6.61 Å². The summed E-state index contributed by atoms with van der Waals surface area (Å²) in [5.41, 5.74) is 0. The molecule has 0 aliphatic carbocycles. The van der Waals surface area contributed by atoms with Crippen molar-refractivity contribution < 1.29 is 14.3 Å². The van der Waals surface area contributed by atoms with E-state index in [4.69, 9.17) is 9.47 Å². The van der Waals surface area contributed by atoms with Gasteiger partial charge in [0.2, 0.25) is 5.91 Å². The molecule has 1 saturated heterocycles. The molecule has 0 spiro atoms. The summed E-state index contributed by atoms with van der Waals surface area (Å²) >= 11 is 0. The number of hydrogen-bond acceptors (Lipinski definition) is 3. The van der Waals surface area contributed by atoms with Crippen LogP contribution in [0.25, 0.3) is 0 Å². The van der Waals surface area contributed by atoms with Crippen LogP contribution in [0, 0.1) is 0 Å². The second-order valence-electron chi connectivity index (χ2n) is 3.37. The number of carbonyl (C=O) groups is 1. The van der Waals surface area contributed by atoms with Crippen LogP contribution in [0.5, 0.6) is 0 Å². The van der Waals surface area contributed by atoms with Gasteiger partial charge in [0.15, 0.2) is 0 Å². The zero-order chi connectivity index (χ0) is 9.84. The maximum atomic E-state index is 10.9. The fraction of sp³-hybridized carbons (Fsp3) is 0.889. The molecule has 4 heteroatoms. The minimum absolute atomic E-state index is 0.0174. The van der Waals surface area contributed by atoms with E-state index in [1.165, 1.54) is 6.92 Å². The summed E-state index contributed by atoms with van der Waals surface area (Å²) in [5, 5.41) is 2.84. The van der Waals surface area contributed by atoms with Gasteiger partial charge in [0, 0.05) is 20.6 Å². The molecule has 0 radical (unpaired) electrons. The van der Waals surface area contributed by atoms with Crippen molar-refractivity contribution in [2.24, 2.45) is 0 Å².